The molecule has 3 aliphatic rings. The maximum atomic E-state index is 12.6. The quantitative estimate of drug-likeness (QED) is 0.655. The van der Waals surface area contributed by atoms with Crippen molar-refractivity contribution in [2.24, 2.45) is 17.8 Å². The summed E-state index contributed by atoms with van der Waals surface area (Å²) in [5, 5.41) is 2.96. The van der Waals surface area contributed by atoms with Crippen molar-refractivity contribution in [3.05, 3.63) is 42.5 Å². The van der Waals surface area contributed by atoms with E-state index in [0.29, 0.717) is 19.5 Å². The highest BCUT2D eigenvalue weighted by Crippen LogP contribution is 2.35. The van der Waals surface area contributed by atoms with E-state index < -0.39 is 0 Å². The third-order valence-electron chi connectivity index (χ3n) is 5.94. The lowest BCUT2D eigenvalue weighted by molar-refractivity contribution is -0.143. The summed E-state index contributed by atoms with van der Waals surface area (Å²) in [4.78, 5) is 41.2. The zero-order valence-electron chi connectivity index (χ0n) is 15.3. The number of nitrogens with one attached hydrogen (secondary N) is 1. The number of allylic oxidation sites excluding steroid dienone is 2. The van der Waals surface area contributed by atoms with Gasteiger partial charge >= 0.3 is 0 Å². The second-order valence-corrected chi connectivity index (χ2v) is 7.65. The molecule has 1 aromatic carbocycles. The first-order valence-electron chi connectivity index (χ1n) is 9.72. The second-order valence-electron chi connectivity index (χ2n) is 7.65. The Balaban J connectivity index is 1.29. The van der Waals surface area contributed by atoms with E-state index in [4.69, 9.17) is 0 Å². The molecule has 6 nitrogen and oxygen atoms in total. The number of rotatable bonds is 4. The molecule has 2 saturated heterocycles. The number of carbonyl (C=O) groups is 3. The van der Waals surface area contributed by atoms with Gasteiger partial charge in [0.15, 0.2) is 0 Å². The number of anilines is 1. The molecule has 1 aromatic rings. The molecule has 2 fully saturated rings. The van der Waals surface area contributed by atoms with Gasteiger partial charge in [-0.2, -0.15) is 0 Å². The van der Waals surface area contributed by atoms with Crippen LogP contribution in [0.4, 0.5) is 5.69 Å². The van der Waals surface area contributed by atoms with E-state index in [1.165, 1.54) is 4.90 Å². The Labute approximate surface area is 159 Å². The predicted octanol–water partition coefficient (Wildman–Crippen LogP) is 2.25. The minimum absolute atomic E-state index is 0.0294. The first-order valence-corrected chi connectivity index (χ1v) is 9.72. The predicted molar refractivity (Wildman–Crippen MR) is 101 cm³/mol. The summed E-state index contributed by atoms with van der Waals surface area (Å²) in [6.07, 6.45) is 6.84. The monoisotopic (exact) mass is 367 g/mol. The van der Waals surface area contributed by atoms with E-state index in [-0.39, 0.29) is 35.5 Å². The van der Waals surface area contributed by atoms with Crippen molar-refractivity contribution >= 4 is 23.4 Å². The Morgan fingerprint density at radius 3 is 2.15 bits per heavy atom. The van der Waals surface area contributed by atoms with Crippen molar-refractivity contribution < 1.29 is 14.4 Å². The van der Waals surface area contributed by atoms with Crippen LogP contribution in [0.1, 0.15) is 25.7 Å². The molecule has 0 bridgehead atoms. The summed E-state index contributed by atoms with van der Waals surface area (Å²) in [7, 11) is 0. The summed E-state index contributed by atoms with van der Waals surface area (Å²) in [5.74, 6) is -0.380. The number of benzene rings is 1. The first-order chi connectivity index (χ1) is 13.1. The molecule has 2 aliphatic heterocycles. The number of fused-ring (bicyclic) bond motifs is 1. The molecule has 3 amide bonds. The molecule has 27 heavy (non-hydrogen) atoms. The topological polar surface area (TPSA) is 69.7 Å². The fraction of sp³-hybridized carbons (Fsp3) is 0.476. The van der Waals surface area contributed by atoms with Gasteiger partial charge in [-0.1, -0.05) is 30.4 Å². The van der Waals surface area contributed by atoms with E-state index in [0.717, 1.165) is 31.6 Å². The second kappa shape index (κ2) is 7.64. The van der Waals surface area contributed by atoms with Crippen LogP contribution < -0.4 is 5.32 Å². The van der Waals surface area contributed by atoms with E-state index in [9.17, 15) is 14.4 Å². The van der Waals surface area contributed by atoms with Crippen LogP contribution in [0, 0.1) is 17.8 Å². The Morgan fingerprint density at radius 1 is 0.963 bits per heavy atom. The minimum atomic E-state index is -0.170. The molecule has 1 N–H and O–H groups in total. The molecule has 0 saturated carbocycles. The minimum Gasteiger partial charge on any atom is -0.326 e. The van der Waals surface area contributed by atoms with E-state index >= 15 is 0 Å². The van der Waals surface area contributed by atoms with Crippen LogP contribution in [0.25, 0.3) is 0 Å². The normalized spacial score (nSPS) is 26.3. The lowest BCUT2D eigenvalue weighted by Crippen LogP contribution is -2.46. The first kappa shape index (κ1) is 17.9. The Kier molecular flexibility index (Phi) is 5.07. The maximum Gasteiger partial charge on any atom is 0.234 e. The molecular formula is C21H25N3O3. The fourth-order valence-corrected chi connectivity index (χ4v) is 4.31. The number of hydrogen-bond acceptors (Lipinski definition) is 4. The smallest absolute Gasteiger partial charge is 0.234 e. The van der Waals surface area contributed by atoms with E-state index in [1.54, 1.807) is 0 Å². The van der Waals surface area contributed by atoms with Crippen molar-refractivity contribution in [2.45, 2.75) is 25.7 Å². The Hall–Kier alpha value is -2.47. The van der Waals surface area contributed by atoms with Crippen molar-refractivity contribution in [3.8, 4) is 0 Å². The number of likely N-dealkylation sites (tertiary alicyclic amines) is 2. The summed E-state index contributed by atoms with van der Waals surface area (Å²) >= 11 is 0. The van der Waals surface area contributed by atoms with Gasteiger partial charge in [0.05, 0.1) is 18.5 Å². The molecule has 4 rings (SSSR count). The van der Waals surface area contributed by atoms with E-state index in [1.807, 2.05) is 42.5 Å². The van der Waals surface area contributed by atoms with Gasteiger partial charge in [-0.3, -0.25) is 24.2 Å². The average molecular weight is 367 g/mol. The van der Waals surface area contributed by atoms with Crippen molar-refractivity contribution in [3.63, 3.8) is 0 Å². The summed E-state index contributed by atoms with van der Waals surface area (Å²) in [6.45, 7) is 1.80. The number of imide groups is 1. The third-order valence-corrected chi connectivity index (χ3v) is 5.94. The van der Waals surface area contributed by atoms with Gasteiger partial charge in [0.1, 0.15) is 0 Å². The number of carbonyl (C=O) groups excluding carboxylic acids is 3. The molecule has 6 heteroatoms. The molecule has 0 radical (unpaired) electrons. The lowest BCUT2D eigenvalue weighted by Gasteiger charge is -2.33. The van der Waals surface area contributed by atoms with Gasteiger partial charge in [0, 0.05) is 24.7 Å². The summed E-state index contributed by atoms with van der Waals surface area (Å²) in [6, 6.07) is 9.48. The summed E-state index contributed by atoms with van der Waals surface area (Å²) < 4.78 is 0. The molecular weight excluding hydrogens is 342 g/mol. The van der Waals surface area contributed by atoms with Crippen molar-refractivity contribution in [1.29, 1.82) is 0 Å². The highest BCUT2D eigenvalue weighted by molar-refractivity contribution is 6.05. The highest BCUT2D eigenvalue weighted by atomic mass is 16.2. The van der Waals surface area contributed by atoms with Gasteiger partial charge in [-0.15, -0.1) is 0 Å². The fourth-order valence-electron chi connectivity index (χ4n) is 4.31. The third kappa shape index (κ3) is 3.67. The van der Waals surface area contributed by atoms with Crippen molar-refractivity contribution in [1.82, 2.24) is 9.80 Å². The zero-order valence-corrected chi connectivity index (χ0v) is 15.3. The number of para-hydroxylation sites is 1. The van der Waals surface area contributed by atoms with Crippen LogP contribution in [0.3, 0.4) is 0 Å². The molecule has 142 valence electrons. The molecule has 2 heterocycles. The van der Waals surface area contributed by atoms with Crippen LogP contribution in [0.2, 0.25) is 0 Å². The van der Waals surface area contributed by atoms with Gasteiger partial charge in [-0.05, 0) is 37.8 Å². The van der Waals surface area contributed by atoms with Gasteiger partial charge in [0.2, 0.25) is 17.7 Å². The largest absolute Gasteiger partial charge is 0.326 e. The maximum absolute atomic E-state index is 12.6. The molecule has 0 unspecified atom stereocenters. The lowest BCUT2D eigenvalue weighted by atomic mass is 9.85. The van der Waals surface area contributed by atoms with Crippen LogP contribution in [0.5, 0.6) is 0 Å². The molecule has 2 atom stereocenters. The van der Waals surface area contributed by atoms with Crippen LogP contribution in [-0.2, 0) is 14.4 Å². The zero-order chi connectivity index (χ0) is 18.8. The van der Waals surface area contributed by atoms with Crippen molar-refractivity contribution in [2.75, 3.05) is 25.1 Å². The van der Waals surface area contributed by atoms with E-state index in [2.05, 4.69) is 10.2 Å². The molecule has 0 aromatic heterocycles. The van der Waals surface area contributed by atoms with Crippen LogP contribution in [-0.4, -0.2) is 47.3 Å². The van der Waals surface area contributed by atoms with Crippen LogP contribution in [0.15, 0.2) is 42.5 Å². The average Bonchev–Trinajstić information content (AvgIpc) is 2.94. The highest BCUT2D eigenvalue weighted by Gasteiger charge is 2.47. The number of nitrogens with zero attached hydrogens (tertiary/aromatic N) is 2. The van der Waals surface area contributed by atoms with Gasteiger partial charge in [-0.25, -0.2) is 0 Å². The Morgan fingerprint density at radius 2 is 1.56 bits per heavy atom. The Bertz CT molecular complexity index is 727. The SMILES string of the molecule is O=C(Nc1ccccc1)C1CCN(CN2C(=O)[C@@H]3CC=CC[C@H]3C2=O)CC1. The van der Waals surface area contributed by atoms with Crippen LogP contribution >= 0.6 is 0 Å². The molecule has 0 spiro atoms. The number of amides is 3. The standard InChI is InChI=1S/C21H25N3O3/c25-19(22-16-6-2-1-3-7-16)15-10-12-23(13-11-15)14-24-20(26)17-8-4-5-9-18(17)21(24)27/h1-7,15,17-18H,8-14H2,(H,22,25)/t17-,18-/m1/s1. The molecule has 1 aliphatic carbocycles. The summed E-state index contributed by atoms with van der Waals surface area (Å²) in [5.41, 5.74) is 0.814. The van der Waals surface area contributed by atoms with Gasteiger partial charge in [0.25, 0.3) is 0 Å². The van der Waals surface area contributed by atoms with Gasteiger partial charge < -0.3 is 5.32 Å². The number of piperidine rings is 1. The number of hydrogen-bond donors (Lipinski definition) is 1.